The summed E-state index contributed by atoms with van der Waals surface area (Å²) in [5, 5.41) is 13.2. The van der Waals surface area contributed by atoms with Crippen molar-refractivity contribution < 1.29 is 0 Å². The van der Waals surface area contributed by atoms with Gasteiger partial charge in [-0.15, -0.1) is 0 Å². The van der Waals surface area contributed by atoms with Gasteiger partial charge in [0.2, 0.25) is 0 Å². The Labute approximate surface area is 267 Å². The van der Waals surface area contributed by atoms with Crippen LogP contribution in [0.15, 0.2) is 170 Å². The summed E-state index contributed by atoms with van der Waals surface area (Å²) in [4.78, 5) is 0. The van der Waals surface area contributed by atoms with Gasteiger partial charge < -0.3 is 0 Å². The largest absolute Gasteiger partial charge is 0.0622 e. The fraction of sp³-hybridized carbons (Fsp3) is 0. The van der Waals surface area contributed by atoms with Crippen LogP contribution in [0.1, 0.15) is 0 Å². The fourth-order valence-electron chi connectivity index (χ4n) is 7.98. The SMILES string of the molecule is c1ccc(-c2cc3ccc4c(-c5ccccc5)c5cc(-c6ccccc6)cc6ccc7c(-c8ccccc8)c(c2)c3c4c7c65)cc1. The number of hydrogen-bond donors (Lipinski definition) is 0. The van der Waals surface area contributed by atoms with Crippen molar-refractivity contribution in [3.8, 4) is 44.5 Å². The third-order valence-corrected chi connectivity index (χ3v) is 9.90. The Morgan fingerprint density at radius 3 is 0.935 bits per heavy atom. The molecule has 10 rings (SSSR count). The molecule has 0 fully saturated rings. The lowest BCUT2D eigenvalue weighted by molar-refractivity contribution is 1.64. The Morgan fingerprint density at radius 2 is 0.565 bits per heavy atom. The molecule has 46 heavy (non-hydrogen) atoms. The zero-order chi connectivity index (χ0) is 30.2. The molecule has 0 radical (unpaired) electrons. The molecule has 0 aliphatic rings. The van der Waals surface area contributed by atoms with Gasteiger partial charge in [0.15, 0.2) is 0 Å². The van der Waals surface area contributed by atoms with Crippen LogP contribution in [0.2, 0.25) is 0 Å². The second-order valence-corrected chi connectivity index (χ2v) is 12.4. The molecule has 0 nitrogen and oxygen atoms in total. The van der Waals surface area contributed by atoms with Crippen LogP contribution >= 0.6 is 0 Å². The Bertz CT molecular complexity index is 2500. The first-order valence-electron chi connectivity index (χ1n) is 16.0. The van der Waals surface area contributed by atoms with Crippen LogP contribution in [0, 0.1) is 0 Å². The Kier molecular flexibility index (Phi) is 5.38. The first kappa shape index (κ1) is 25.4. The molecular formula is C46H28. The molecule has 0 aliphatic heterocycles. The lowest BCUT2D eigenvalue weighted by Gasteiger charge is -2.24. The highest BCUT2D eigenvalue weighted by atomic mass is 14.3. The van der Waals surface area contributed by atoms with Crippen molar-refractivity contribution in [1.82, 2.24) is 0 Å². The van der Waals surface area contributed by atoms with E-state index in [4.69, 9.17) is 0 Å². The molecule has 0 amide bonds. The van der Waals surface area contributed by atoms with E-state index >= 15 is 0 Å². The summed E-state index contributed by atoms with van der Waals surface area (Å²) in [7, 11) is 0. The van der Waals surface area contributed by atoms with E-state index in [0.29, 0.717) is 0 Å². The predicted molar refractivity (Wildman–Crippen MR) is 198 cm³/mol. The van der Waals surface area contributed by atoms with Gasteiger partial charge >= 0.3 is 0 Å². The molecule has 0 heteroatoms. The third kappa shape index (κ3) is 3.62. The van der Waals surface area contributed by atoms with E-state index in [2.05, 4.69) is 170 Å². The van der Waals surface area contributed by atoms with E-state index in [0.717, 1.165) is 0 Å². The van der Waals surface area contributed by atoms with Crippen LogP contribution in [0.25, 0.3) is 98.4 Å². The van der Waals surface area contributed by atoms with Gasteiger partial charge in [0.1, 0.15) is 0 Å². The van der Waals surface area contributed by atoms with Gasteiger partial charge in [-0.1, -0.05) is 146 Å². The third-order valence-electron chi connectivity index (χ3n) is 9.90. The van der Waals surface area contributed by atoms with E-state index in [9.17, 15) is 0 Å². The van der Waals surface area contributed by atoms with E-state index in [1.807, 2.05) is 0 Å². The summed E-state index contributed by atoms with van der Waals surface area (Å²) < 4.78 is 0. The molecule has 0 aliphatic carbocycles. The van der Waals surface area contributed by atoms with E-state index in [1.54, 1.807) is 0 Å². The smallest absolute Gasteiger partial charge is 0.000740 e. The van der Waals surface area contributed by atoms with Gasteiger partial charge in [-0.25, -0.2) is 0 Å². The van der Waals surface area contributed by atoms with Crippen molar-refractivity contribution in [2.75, 3.05) is 0 Å². The summed E-state index contributed by atoms with van der Waals surface area (Å²) in [6.45, 7) is 0. The molecule has 212 valence electrons. The molecule has 0 atom stereocenters. The van der Waals surface area contributed by atoms with Crippen LogP contribution in [0.5, 0.6) is 0 Å². The normalized spacial score (nSPS) is 11.9. The predicted octanol–water partition coefficient (Wildman–Crippen LogP) is 13.0. The Morgan fingerprint density at radius 1 is 0.217 bits per heavy atom. The zero-order valence-corrected chi connectivity index (χ0v) is 25.2. The molecule has 0 unspecified atom stereocenters. The van der Waals surface area contributed by atoms with Crippen LogP contribution in [-0.2, 0) is 0 Å². The van der Waals surface area contributed by atoms with Gasteiger partial charge in [0, 0.05) is 0 Å². The Balaban J connectivity index is 1.47. The lowest BCUT2D eigenvalue weighted by Crippen LogP contribution is -1.96. The Hall–Kier alpha value is -5.98. The van der Waals surface area contributed by atoms with Gasteiger partial charge in [-0.3, -0.25) is 0 Å². The van der Waals surface area contributed by atoms with Crippen molar-refractivity contribution in [1.29, 1.82) is 0 Å². The van der Waals surface area contributed by atoms with E-state index < -0.39 is 0 Å². The average molecular weight is 581 g/mol. The first-order valence-corrected chi connectivity index (χ1v) is 16.0. The van der Waals surface area contributed by atoms with Crippen molar-refractivity contribution in [2.24, 2.45) is 0 Å². The minimum Gasteiger partial charge on any atom is -0.0622 e. The zero-order valence-electron chi connectivity index (χ0n) is 25.2. The molecule has 0 spiro atoms. The standard InChI is InChI=1S/C46H28/c1-5-13-29(14-6-1)35-25-33-21-23-38-42(32-19-11-4-12-20-32)40-28-36(30-15-7-2-8-16-30)26-34-22-24-37-41(31-17-9-3-10-18-31)39(27-35)43(33)45(38)46(37)44(34)40/h1-28H. The minimum absolute atomic E-state index is 1.24. The van der Waals surface area contributed by atoms with Gasteiger partial charge in [-0.05, 0) is 123 Å². The summed E-state index contributed by atoms with van der Waals surface area (Å²) in [5.74, 6) is 0. The second-order valence-electron chi connectivity index (χ2n) is 12.4. The van der Waals surface area contributed by atoms with Crippen molar-refractivity contribution in [3.63, 3.8) is 0 Å². The van der Waals surface area contributed by atoms with Gasteiger partial charge in [-0.2, -0.15) is 0 Å². The molecule has 0 saturated carbocycles. The molecule has 0 aromatic heterocycles. The molecular weight excluding hydrogens is 553 g/mol. The van der Waals surface area contributed by atoms with Crippen LogP contribution in [0.4, 0.5) is 0 Å². The average Bonchev–Trinajstić information content (AvgIpc) is 3.13. The summed E-state index contributed by atoms with van der Waals surface area (Å²) in [6, 6.07) is 62.7. The quantitative estimate of drug-likeness (QED) is 0.143. The number of rotatable bonds is 4. The fourth-order valence-corrected chi connectivity index (χ4v) is 7.98. The minimum atomic E-state index is 1.24. The summed E-state index contributed by atoms with van der Waals surface area (Å²) in [5.41, 5.74) is 10.1. The molecule has 0 saturated heterocycles. The monoisotopic (exact) mass is 580 g/mol. The highest BCUT2D eigenvalue weighted by Gasteiger charge is 2.24. The van der Waals surface area contributed by atoms with E-state index in [-0.39, 0.29) is 0 Å². The van der Waals surface area contributed by atoms with Crippen molar-refractivity contribution >= 4 is 53.9 Å². The second kappa shape index (κ2) is 9.76. The summed E-state index contributed by atoms with van der Waals surface area (Å²) in [6.07, 6.45) is 0. The molecule has 10 aromatic rings. The maximum Gasteiger partial charge on any atom is -0.000740 e. The van der Waals surface area contributed by atoms with Gasteiger partial charge in [0.25, 0.3) is 0 Å². The van der Waals surface area contributed by atoms with Crippen molar-refractivity contribution in [3.05, 3.63) is 170 Å². The number of hydrogen-bond acceptors (Lipinski definition) is 0. The van der Waals surface area contributed by atoms with Gasteiger partial charge in [0.05, 0.1) is 0 Å². The molecule has 0 N–H and O–H groups in total. The molecule has 0 heterocycles. The maximum absolute atomic E-state index is 2.43. The number of benzene rings is 10. The van der Waals surface area contributed by atoms with Crippen LogP contribution in [0.3, 0.4) is 0 Å². The highest BCUT2D eigenvalue weighted by molar-refractivity contribution is 6.43. The van der Waals surface area contributed by atoms with E-state index in [1.165, 1.54) is 98.4 Å². The first-order chi connectivity index (χ1) is 22.8. The molecule has 10 aromatic carbocycles. The maximum atomic E-state index is 2.43. The highest BCUT2D eigenvalue weighted by Crippen LogP contribution is 2.52. The summed E-state index contributed by atoms with van der Waals surface area (Å²) >= 11 is 0. The topological polar surface area (TPSA) is 0 Å². The molecule has 0 bridgehead atoms. The van der Waals surface area contributed by atoms with Crippen LogP contribution < -0.4 is 0 Å². The van der Waals surface area contributed by atoms with Crippen molar-refractivity contribution in [2.45, 2.75) is 0 Å². The lowest BCUT2D eigenvalue weighted by atomic mass is 9.78. The van der Waals surface area contributed by atoms with Crippen LogP contribution in [-0.4, -0.2) is 0 Å².